The van der Waals surface area contributed by atoms with Gasteiger partial charge in [0.2, 0.25) is 0 Å². The predicted octanol–water partition coefficient (Wildman–Crippen LogP) is 3.83. The lowest BCUT2D eigenvalue weighted by Gasteiger charge is -2.36. The minimum Gasteiger partial charge on any atom is -0.334 e. The van der Waals surface area contributed by atoms with E-state index in [1.807, 2.05) is 12.1 Å². The lowest BCUT2D eigenvalue weighted by molar-refractivity contribution is 0.161. The molecule has 2 aromatic rings. The number of hydrogen-bond acceptors (Lipinski definition) is 2. The van der Waals surface area contributed by atoms with Crippen LogP contribution in [0.15, 0.2) is 48.8 Å². The van der Waals surface area contributed by atoms with Crippen LogP contribution in [0.25, 0.3) is 0 Å². The Morgan fingerprint density at radius 1 is 1.17 bits per heavy atom. The van der Waals surface area contributed by atoms with E-state index in [1.165, 1.54) is 11.1 Å². The minimum absolute atomic E-state index is 0.0584. The van der Waals surface area contributed by atoms with E-state index in [0.717, 1.165) is 37.7 Å². The first-order chi connectivity index (χ1) is 11.8. The van der Waals surface area contributed by atoms with Crippen molar-refractivity contribution in [2.24, 2.45) is 0 Å². The van der Waals surface area contributed by atoms with Crippen LogP contribution in [0.3, 0.4) is 0 Å². The molecule has 1 atom stereocenters. The minimum atomic E-state index is 0.0584. The molecule has 1 fully saturated rings. The second kappa shape index (κ2) is 6.63. The first-order valence-corrected chi connectivity index (χ1v) is 8.86. The average Bonchev–Trinajstić information content (AvgIpc) is 3.46. The summed E-state index contributed by atoms with van der Waals surface area (Å²) >= 11 is 0. The van der Waals surface area contributed by atoms with Gasteiger partial charge in [0, 0.05) is 25.0 Å². The van der Waals surface area contributed by atoms with Crippen molar-refractivity contribution in [3.63, 3.8) is 0 Å². The molecule has 0 radical (unpaired) electrons. The number of fused-ring (bicyclic) bond motifs is 1. The molecule has 4 heteroatoms. The average molecular weight is 321 g/mol. The fourth-order valence-corrected chi connectivity index (χ4v) is 3.70. The number of benzene rings is 1. The fourth-order valence-electron chi connectivity index (χ4n) is 3.70. The lowest BCUT2D eigenvalue weighted by Crippen LogP contribution is -2.44. The maximum absolute atomic E-state index is 12.9. The number of amides is 2. The number of hydrogen-bond donors (Lipinski definition) is 1. The topological polar surface area (TPSA) is 45.2 Å². The van der Waals surface area contributed by atoms with Crippen LogP contribution in [0.2, 0.25) is 0 Å². The highest BCUT2D eigenvalue weighted by Gasteiger charge is 2.39. The third kappa shape index (κ3) is 3.14. The molecule has 124 valence electrons. The van der Waals surface area contributed by atoms with Crippen molar-refractivity contribution in [1.29, 1.82) is 0 Å². The SMILES string of the molecule is O=C(NCc1cccnc1)N(C1CC1)[C@H]1CCCc2ccccc21. The summed E-state index contributed by atoms with van der Waals surface area (Å²) < 4.78 is 0. The standard InChI is InChI=1S/C20H23N3O/c24-20(22-14-15-5-4-12-21-13-15)23(17-10-11-17)19-9-3-7-16-6-1-2-8-18(16)19/h1-2,4-6,8,12-13,17,19H,3,7,9-11,14H2,(H,22,24)/t19-/m0/s1. The molecule has 0 spiro atoms. The number of nitrogens with zero attached hydrogens (tertiary/aromatic N) is 2. The molecule has 1 aromatic heterocycles. The van der Waals surface area contributed by atoms with Crippen LogP contribution in [0.4, 0.5) is 4.79 Å². The number of nitrogens with one attached hydrogen (secondary N) is 1. The Kier molecular flexibility index (Phi) is 4.20. The molecule has 1 N–H and O–H groups in total. The lowest BCUT2D eigenvalue weighted by atomic mass is 9.87. The van der Waals surface area contributed by atoms with Crippen LogP contribution >= 0.6 is 0 Å². The summed E-state index contributed by atoms with van der Waals surface area (Å²) in [6.07, 6.45) is 9.15. The number of rotatable bonds is 4. The van der Waals surface area contributed by atoms with Gasteiger partial charge < -0.3 is 10.2 Å². The molecule has 2 amide bonds. The van der Waals surface area contributed by atoms with Gasteiger partial charge in [-0.3, -0.25) is 4.98 Å². The van der Waals surface area contributed by atoms with E-state index in [0.29, 0.717) is 12.6 Å². The Morgan fingerprint density at radius 3 is 2.83 bits per heavy atom. The number of carbonyl (C=O) groups excluding carboxylic acids is 1. The maximum Gasteiger partial charge on any atom is 0.318 e. The van der Waals surface area contributed by atoms with E-state index >= 15 is 0 Å². The molecule has 4 rings (SSSR count). The van der Waals surface area contributed by atoms with Gasteiger partial charge in [0.25, 0.3) is 0 Å². The van der Waals surface area contributed by atoms with Gasteiger partial charge in [0.15, 0.2) is 0 Å². The molecule has 0 aliphatic heterocycles. The Morgan fingerprint density at radius 2 is 2.04 bits per heavy atom. The zero-order valence-electron chi connectivity index (χ0n) is 13.8. The number of aryl methyl sites for hydroxylation is 1. The van der Waals surface area contributed by atoms with Crippen molar-refractivity contribution < 1.29 is 4.79 Å². The van der Waals surface area contributed by atoms with Crippen molar-refractivity contribution in [2.45, 2.75) is 50.7 Å². The summed E-state index contributed by atoms with van der Waals surface area (Å²) in [4.78, 5) is 19.1. The van der Waals surface area contributed by atoms with Crippen LogP contribution in [0.1, 0.15) is 48.4 Å². The zero-order chi connectivity index (χ0) is 16.4. The van der Waals surface area contributed by atoms with Crippen molar-refractivity contribution in [2.75, 3.05) is 0 Å². The molecule has 0 unspecified atom stereocenters. The normalized spacial score (nSPS) is 19.4. The maximum atomic E-state index is 12.9. The summed E-state index contributed by atoms with van der Waals surface area (Å²) in [7, 11) is 0. The third-order valence-electron chi connectivity index (χ3n) is 5.01. The molecule has 2 aliphatic carbocycles. The number of carbonyl (C=O) groups is 1. The van der Waals surface area contributed by atoms with E-state index in [9.17, 15) is 4.79 Å². The van der Waals surface area contributed by atoms with E-state index in [4.69, 9.17) is 0 Å². The quantitative estimate of drug-likeness (QED) is 0.930. The van der Waals surface area contributed by atoms with Gasteiger partial charge in [-0.15, -0.1) is 0 Å². The smallest absolute Gasteiger partial charge is 0.318 e. The molecule has 4 nitrogen and oxygen atoms in total. The van der Waals surface area contributed by atoms with Crippen LogP contribution in [-0.2, 0) is 13.0 Å². The van der Waals surface area contributed by atoms with Crippen LogP contribution in [0, 0.1) is 0 Å². The first kappa shape index (κ1) is 15.2. The van der Waals surface area contributed by atoms with Gasteiger partial charge in [-0.25, -0.2) is 4.79 Å². The summed E-state index contributed by atoms with van der Waals surface area (Å²) in [5.74, 6) is 0. The monoisotopic (exact) mass is 321 g/mol. The van der Waals surface area contributed by atoms with Gasteiger partial charge >= 0.3 is 6.03 Å². The van der Waals surface area contributed by atoms with Crippen molar-refractivity contribution in [1.82, 2.24) is 15.2 Å². The Labute approximate surface area is 142 Å². The molecule has 0 bridgehead atoms. The van der Waals surface area contributed by atoms with Crippen LogP contribution < -0.4 is 5.32 Å². The van der Waals surface area contributed by atoms with Crippen LogP contribution in [0.5, 0.6) is 0 Å². The Hall–Kier alpha value is -2.36. The summed E-state index contributed by atoms with van der Waals surface area (Å²) in [6.45, 7) is 0.532. The highest BCUT2D eigenvalue weighted by molar-refractivity contribution is 5.75. The van der Waals surface area contributed by atoms with E-state index < -0.39 is 0 Å². The van der Waals surface area contributed by atoms with Crippen molar-refractivity contribution in [3.8, 4) is 0 Å². The summed E-state index contributed by atoms with van der Waals surface area (Å²) in [6, 6.07) is 13.2. The molecule has 0 saturated heterocycles. The summed E-state index contributed by atoms with van der Waals surface area (Å²) in [5, 5.41) is 3.10. The Bertz CT molecular complexity index is 712. The second-order valence-corrected chi connectivity index (χ2v) is 6.77. The third-order valence-corrected chi connectivity index (χ3v) is 5.01. The molecular weight excluding hydrogens is 298 g/mol. The van der Waals surface area contributed by atoms with E-state index in [2.05, 4.69) is 39.5 Å². The first-order valence-electron chi connectivity index (χ1n) is 8.86. The van der Waals surface area contributed by atoms with E-state index in [-0.39, 0.29) is 12.1 Å². The van der Waals surface area contributed by atoms with Crippen molar-refractivity contribution >= 4 is 6.03 Å². The van der Waals surface area contributed by atoms with Crippen molar-refractivity contribution in [3.05, 3.63) is 65.5 Å². The summed E-state index contributed by atoms with van der Waals surface area (Å²) in [5.41, 5.74) is 3.78. The molecule has 1 heterocycles. The molecule has 1 aromatic carbocycles. The zero-order valence-corrected chi connectivity index (χ0v) is 13.8. The highest BCUT2D eigenvalue weighted by atomic mass is 16.2. The van der Waals surface area contributed by atoms with Gasteiger partial charge in [-0.05, 0) is 54.9 Å². The van der Waals surface area contributed by atoms with Crippen LogP contribution in [-0.4, -0.2) is 22.0 Å². The molecule has 2 aliphatic rings. The van der Waals surface area contributed by atoms with Gasteiger partial charge in [0.05, 0.1) is 6.04 Å². The predicted molar refractivity (Wildman–Crippen MR) is 93.5 cm³/mol. The number of aromatic nitrogens is 1. The largest absolute Gasteiger partial charge is 0.334 e. The number of pyridine rings is 1. The van der Waals surface area contributed by atoms with Gasteiger partial charge in [-0.1, -0.05) is 30.3 Å². The molecule has 1 saturated carbocycles. The van der Waals surface area contributed by atoms with Gasteiger partial charge in [-0.2, -0.15) is 0 Å². The number of urea groups is 1. The fraction of sp³-hybridized carbons (Fsp3) is 0.400. The Balaban J connectivity index is 1.52. The molecular formula is C20H23N3O. The van der Waals surface area contributed by atoms with Gasteiger partial charge in [0.1, 0.15) is 0 Å². The highest BCUT2D eigenvalue weighted by Crippen LogP contribution is 2.40. The van der Waals surface area contributed by atoms with E-state index in [1.54, 1.807) is 12.4 Å². The second-order valence-electron chi connectivity index (χ2n) is 6.77. The molecule has 24 heavy (non-hydrogen) atoms.